The second-order valence-corrected chi connectivity index (χ2v) is 4.53. The minimum absolute atomic E-state index is 0.0646. The number of nitrogens with zero attached hydrogens (tertiary/aromatic N) is 4. The highest BCUT2D eigenvalue weighted by Gasteiger charge is 2.20. The molecule has 0 saturated carbocycles. The van der Waals surface area contributed by atoms with Crippen LogP contribution in [0, 0.1) is 0 Å². The molecule has 0 saturated heterocycles. The van der Waals surface area contributed by atoms with Gasteiger partial charge in [0.2, 0.25) is 5.65 Å². The summed E-state index contributed by atoms with van der Waals surface area (Å²) < 4.78 is 9.10. The predicted molar refractivity (Wildman–Crippen MR) is 65.5 cm³/mol. The van der Waals surface area contributed by atoms with Crippen molar-refractivity contribution >= 4 is 5.65 Å². The number of unbranched alkanes of at least 4 members (excludes halogenated alkanes) is 1. The highest BCUT2D eigenvalue weighted by Crippen LogP contribution is 2.16. The Morgan fingerprint density at radius 3 is 3.17 bits per heavy atom. The average Bonchev–Trinajstić information content (AvgIpc) is 2.88. The van der Waals surface area contributed by atoms with Gasteiger partial charge in [0.1, 0.15) is 6.33 Å². The van der Waals surface area contributed by atoms with E-state index < -0.39 is 0 Å². The predicted octanol–water partition coefficient (Wildman–Crippen LogP) is 0.764. The molecule has 1 aliphatic heterocycles. The molecule has 0 atom stereocenters. The molecule has 6 heteroatoms. The standard InChI is InChI=1S/C12H16N4O2/c1-2-3-5-15-10-7-18-6-4-9(10)16-8-13-14-11(16)12(15)17/h8H,2-7H2,1H3. The summed E-state index contributed by atoms with van der Waals surface area (Å²) in [4.78, 5) is 12.4. The Morgan fingerprint density at radius 2 is 2.33 bits per heavy atom. The summed E-state index contributed by atoms with van der Waals surface area (Å²) in [6.07, 6.45) is 4.46. The third kappa shape index (κ3) is 1.64. The van der Waals surface area contributed by atoms with Crippen LogP contribution in [0.1, 0.15) is 31.2 Å². The molecule has 3 rings (SSSR count). The number of rotatable bonds is 3. The minimum atomic E-state index is -0.0646. The van der Waals surface area contributed by atoms with Gasteiger partial charge in [-0.3, -0.25) is 9.20 Å². The van der Waals surface area contributed by atoms with Crippen molar-refractivity contribution in [3.63, 3.8) is 0 Å². The lowest BCUT2D eigenvalue weighted by atomic mass is 10.2. The Hall–Kier alpha value is -1.69. The molecule has 0 unspecified atom stereocenters. The molecular weight excluding hydrogens is 232 g/mol. The fourth-order valence-electron chi connectivity index (χ4n) is 2.43. The van der Waals surface area contributed by atoms with Crippen LogP contribution < -0.4 is 5.56 Å². The molecule has 2 aromatic heterocycles. The summed E-state index contributed by atoms with van der Waals surface area (Å²) in [5, 5.41) is 7.78. The van der Waals surface area contributed by atoms with Crippen LogP contribution in [0.15, 0.2) is 11.1 Å². The number of hydrogen-bond donors (Lipinski definition) is 0. The number of fused-ring (bicyclic) bond motifs is 3. The summed E-state index contributed by atoms with van der Waals surface area (Å²) in [5.41, 5.74) is 2.45. The van der Waals surface area contributed by atoms with Crippen molar-refractivity contribution in [2.45, 2.75) is 39.3 Å². The van der Waals surface area contributed by atoms with Gasteiger partial charge in [-0.2, -0.15) is 0 Å². The Bertz CT molecular complexity index is 629. The Kier molecular flexibility index (Phi) is 2.87. The van der Waals surface area contributed by atoms with Crippen LogP contribution in [-0.4, -0.2) is 25.8 Å². The zero-order chi connectivity index (χ0) is 12.5. The normalized spacial score (nSPS) is 14.9. The highest BCUT2D eigenvalue weighted by atomic mass is 16.5. The zero-order valence-corrected chi connectivity index (χ0v) is 10.4. The van der Waals surface area contributed by atoms with E-state index in [2.05, 4.69) is 17.1 Å². The Balaban J connectivity index is 2.25. The van der Waals surface area contributed by atoms with Gasteiger partial charge in [-0.1, -0.05) is 13.3 Å². The van der Waals surface area contributed by atoms with Crippen molar-refractivity contribution in [1.82, 2.24) is 19.2 Å². The maximum Gasteiger partial charge on any atom is 0.296 e. The van der Waals surface area contributed by atoms with Gasteiger partial charge in [-0.15, -0.1) is 10.2 Å². The molecular formula is C12H16N4O2. The van der Waals surface area contributed by atoms with Crippen molar-refractivity contribution in [3.8, 4) is 0 Å². The fraction of sp³-hybridized carbons (Fsp3) is 0.583. The van der Waals surface area contributed by atoms with Crippen LogP contribution in [0.4, 0.5) is 0 Å². The molecule has 0 N–H and O–H groups in total. The molecule has 2 aromatic rings. The van der Waals surface area contributed by atoms with E-state index in [0.29, 0.717) is 18.9 Å². The van der Waals surface area contributed by atoms with Crippen LogP contribution in [-0.2, 0) is 24.3 Å². The maximum absolute atomic E-state index is 12.4. The van der Waals surface area contributed by atoms with Crippen LogP contribution in [0.3, 0.4) is 0 Å². The molecule has 6 nitrogen and oxygen atoms in total. The van der Waals surface area contributed by atoms with Gasteiger partial charge in [0.05, 0.1) is 24.6 Å². The topological polar surface area (TPSA) is 61.4 Å². The van der Waals surface area contributed by atoms with E-state index in [9.17, 15) is 4.79 Å². The van der Waals surface area contributed by atoms with Crippen molar-refractivity contribution < 1.29 is 4.74 Å². The second kappa shape index (κ2) is 4.53. The number of ether oxygens (including phenoxy) is 1. The molecule has 0 fully saturated rings. The molecule has 0 aromatic carbocycles. The van der Waals surface area contributed by atoms with Crippen molar-refractivity contribution in [2.24, 2.45) is 0 Å². The largest absolute Gasteiger partial charge is 0.375 e. The quantitative estimate of drug-likeness (QED) is 0.804. The van der Waals surface area contributed by atoms with Crippen molar-refractivity contribution in [1.29, 1.82) is 0 Å². The van der Waals surface area contributed by atoms with E-state index >= 15 is 0 Å². The van der Waals surface area contributed by atoms with Gasteiger partial charge in [0.25, 0.3) is 5.56 Å². The Labute approximate surface area is 104 Å². The fourth-order valence-corrected chi connectivity index (χ4v) is 2.43. The first-order valence-corrected chi connectivity index (χ1v) is 6.35. The van der Waals surface area contributed by atoms with Crippen LogP contribution in [0.2, 0.25) is 0 Å². The highest BCUT2D eigenvalue weighted by molar-refractivity contribution is 5.38. The summed E-state index contributed by atoms with van der Waals surface area (Å²) >= 11 is 0. The van der Waals surface area contributed by atoms with Crippen molar-refractivity contribution in [2.75, 3.05) is 6.61 Å². The molecule has 0 amide bonds. The maximum atomic E-state index is 12.4. The summed E-state index contributed by atoms with van der Waals surface area (Å²) in [5.74, 6) is 0. The van der Waals surface area contributed by atoms with Gasteiger partial charge >= 0.3 is 0 Å². The van der Waals surface area contributed by atoms with E-state index in [1.165, 1.54) is 0 Å². The van der Waals surface area contributed by atoms with Gasteiger partial charge < -0.3 is 9.30 Å². The lowest BCUT2D eigenvalue weighted by Crippen LogP contribution is -2.31. The van der Waals surface area contributed by atoms with E-state index in [1.54, 1.807) is 6.33 Å². The SMILES string of the molecule is CCCCn1c2c(n3cnnc3c1=O)CCOC2. The van der Waals surface area contributed by atoms with Crippen LogP contribution in [0.25, 0.3) is 5.65 Å². The lowest BCUT2D eigenvalue weighted by molar-refractivity contribution is 0.101. The van der Waals surface area contributed by atoms with E-state index in [4.69, 9.17) is 4.74 Å². The van der Waals surface area contributed by atoms with Crippen LogP contribution >= 0.6 is 0 Å². The summed E-state index contributed by atoms with van der Waals surface area (Å²) in [7, 11) is 0. The molecule has 0 spiro atoms. The van der Waals surface area contributed by atoms with Gasteiger partial charge in [0.15, 0.2) is 0 Å². The Morgan fingerprint density at radius 1 is 1.44 bits per heavy atom. The summed E-state index contributed by atoms with van der Waals surface area (Å²) in [6, 6.07) is 0. The monoisotopic (exact) mass is 248 g/mol. The lowest BCUT2D eigenvalue weighted by Gasteiger charge is -2.22. The van der Waals surface area contributed by atoms with Gasteiger partial charge in [-0.25, -0.2) is 0 Å². The number of hydrogen-bond acceptors (Lipinski definition) is 4. The molecule has 0 radical (unpaired) electrons. The summed E-state index contributed by atoms with van der Waals surface area (Å²) in [6.45, 7) is 4.03. The average molecular weight is 248 g/mol. The molecule has 3 heterocycles. The first-order valence-electron chi connectivity index (χ1n) is 6.35. The smallest absolute Gasteiger partial charge is 0.296 e. The third-order valence-corrected chi connectivity index (χ3v) is 3.39. The third-order valence-electron chi connectivity index (χ3n) is 3.39. The van der Waals surface area contributed by atoms with Crippen molar-refractivity contribution in [3.05, 3.63) is 28.1 Å². The molecule has 96 valence electrons. The molecule has 0 aliphatic carbocycles. The van der Waals surface area contributed by atoms with Gasteiger partial charge in [0, 0.05) is 13.0 Å². The van der Waals surface area contributed by atoms with E-state index in [1.807, 2.05) is 8.97 Å². The molecule has 0 bridgehead atoms. The number of aromatic nitrogens is 4. The van der Waals surface area contributed by atoms with Crippen LogP contribution in [0.5, 0.6) is 0 Å². The van der Waals surface area contributed by atoms with E-state index in [-0.39, 0.29) is 5.56 Å². The first kappa shape index (κ1) is 11.4. The van der Waals surface area contributed by atoms with Gasteiger partial charge in [-0.05, 0) is 6.42 Å². The second-order valence-electron chi connectivity index (χ2n) is 4.53. The minimum Gasteiger partial charge on any atom is -0.375 e. The molecule has 1 aliphatic rings. The van der Waals surface area contributed by atoms with E-state index in [0.717, 1.165) is 37.2 Å². The molecule has 18 heavy (non-hydrogen) atoms. The zero-order valence-electron chi connectivity index (χ0n) is 10.4. The first-order chi connectivity index (χ1) is 8.83.